The van der Waals surface area contributed by atoms with Crippen LogP contribution in [-0.4, -0.2) is 36.2 Å². The molecule has 0 spiro atoms. The lowest BCUT2D eigenvalue weighted by Crippen LogP contribution is -2.33. The van der Waals surface area contributed by atoms with Gasteiger partial charge in [0.2, 0.25) is 5.91 Å². The Balaban J connectivity index is 1.95. The minimum Gasteiger partial charge on any atom is -0.497 e. The lowest BCUT2D eigenvalue weighted by atomic mass is 10.1. The first kappa shape index (κ1) is 18.5. The normalized spacial score (nSPS) is 10.4. The third-order valence-corrected chi connectivity index (χ3v) is 3.85. The molecule has 134 valence electrons. The first-order chi connectivity index (χ1) is 11.9. The Bertz CT molecular complexity index is 814. The molecular formula is C18H23N3O4. The summed E-state index contributed by atoms with van der Waals surface area (Å²) in [5, 5.41) is 2.82. The first-order valence-electron chi connectivity index (χ1n) is 7.97. The second-order valence-corrected chi connectivity index (χ2v) is 5.68. The van der Waals surface area contributed by atoms with Crippen molar-refractivity contribution in [2.24, 2.45) is 0 Å². The van der Waals surface area contributed by atoms with Crippen LogP contribution in [-0.2, 0) is 17.8 Å². The fourth-order valence-corrected chi connectivity index (χ4v) is 2.59. The van der Waals surface area contributed by atoms with Gasteiger partial charge in [0.15, 0.2) is 0 Å². The third kappa shape index (κ3) is 4.82. The monoisotopic (exact) mass is 345 g/mol. The van der Waals surface area contributed by atoms with Crippen LogP contribution in [0.1, 0.15) is 17.0 Å². The molecule has 0 aliphatic rings. The van der Waals surface area contributed by atoms with E-state index >= 15 is 0 Å². The van der Waals surface area contributed by atoms with Crippen LogP contribution in [0.3, 0.4) is 0 Å². The second kappa shape index (κ2) is 8.32. The zero-order valence-electron chi connectivity index (χ0n) is 15.0. The average molecular weight is 345 g/mol. The standard InChI is InChI=1S/C18H23N3O4/c1-12-9-13(2)21(18(23)20-12)8-7-19-17(22)10-14-5-6-15(24-3)11-16(14)25-4/h5-6,9,11H,7-8,10H2,1-4H3,(H,19,22). The summed E-state index contributed by atoms with van der Waals surface area (Å²) in [5.41, 5.74) is 1.98. The summed E-state index contributed by atoms with van der Waals surface area (Å²) in [6.07, 6.45) is 0.188. The van der Waals surface area contributed by atoms with Crippen LogP contribution in [0, 0.1) is 13.8 Å². The van der Waals surface area contributed by atoms with Crippen molar-refractivity contribution in [3.8, 4) is 11.5 Å². The summed E-state index contributed by atoms with van der Waals surface area (Å²) < 4.78 is 12.0. The Morgan fingerprint density at radius 2 is 1.96 bits per heavy atom. The summed E-state index contributed by atoms with van der Waals surface area (Å²) in [6, 6.07) is 7.16. The minimum atomic E-state index is -0.302. The number of ether oxygens (including phenoxy) is 2. The zero-order chi connectivity index (χ0) is 18.4. The zero-order valence-corrected chi connectivity index (χ0v) is 15.0. The average Bonchev–Trinajstić information content (AvgIpc) is 2.57. The van der Waals surface area contributed by atoms with Crippen LogP contribution >= 0.6 is 0 Å². The van der Waals surface area contributed by atoms with Crippen LogP contribution in [0.2, 0.25) is 0 Å². The molecule has 25 heavy (non-hydrogen) atoms. The highest BCUT2D eigenvalue weighted by molar-refractivity contribution is 5.79. The predicted octanol–water partition coefficient (Wildman–Crippen LogP) is 1.24. The van der Waals surface area contributed by atoms with E-state index < -0.39 is 0 Å². The minimum absolute atomic E-state index is 0.144. The lowest BCUT2D eigenvalue weighted by Gasteiger charge is -2.12. The van der Waals surface area contributed by atoms with E-state index in [0.717, 1.165) is 11.3 Å². The highest BCUT2D eigenvalue weighted by Gasteiger charge is 2.10. The van der Waals surface area contributed by atoms with E-state index in [1.165, 1.54) is 0 Å². The summed E-state index contributed by atoms with van der Waals surface area (Å²) in [6.45, 7) is 4.36. The number of nitrogens with zero attached hydrogens (tertiary/aromatic N) is 2. The maximum atomic E-state index is 12.1. The van der Waals surface area contributed by atoms with Crippen molar-refractivity contribution in [3.63, 3.8) is 0 Å². The number of hydrogen-bond acceptors (Lipinski definition) is 5. The number of methoxy groups -OCH3 is 2. The van der Waals surface area contributed by atoms with Gasteiger partial charge in [-0.05, 0) is 26.0 Å². The van der Waals surface area contributed by atoms with E-state index in [0.29, 0.717) is 30.3 Å². The molecule has 7 heteroatoms. The summed E-state index contributed by atoms with van der Waals surface area (Å²) in [5.74, 6) is 1.13. The number of carbonyl (C=O) groups is 1. The molecule has 1 heterocycles. The quantitative estimate of drug-likeness (QED) is 0.816. The number of hydrogen-bond donors (Lipinski definition) is 1. The van der Waals surface area contributed by atoms with Gasteiger partial charge in [0.05, 0.1) is 20.6 Å². The van der Waals surface area contributed by atoms with Crippen molar-refractivity contribution < 1.29 is 14.3 Å². The molecule has 0 saturated carbocycles. The maximum Gasteiger partial charge on any atom is 0.348 e. The molecule has 1 aromatic carbocycles. The molecule has 0 saturated heterocycles. The Kier molecular flexibility index (Phi) is 6.16. The van der Waals surface area contributed by atoms with Crippen molar-refractivity contribution in [2.45, 2.75) is 26.8 Å². The topological polar surface area (TPSA) is 82.5 Å². The molecule has 1 aromatic heterocycles. The molecule has 1 N–H and O–H groups in total. The highest BCUT2D eigenvalue weighted by atomic mass is 16.5. The predicted molar refractivity (Wildman–Crippen MR) is 94.2 cm³/mol. The number of nitrogens with one attached hydrogen (secondary N) is 1. The van der Waals surface area contributed by atoms with E-state index in [4.69, 9.17) is 9.47 Å². The third-order valence-electron chi connectivity index (χ3n) is 3.85. The smallest absolute Gasteiger partial charge is 0.348 e. The molecule has 2 aromatic rings. The maximum absolute atomic E-state index is 12.1. The van der Waals surface area contributed by atoms with Gasteiger partial charge in [0.1, 0.15) is 11.5 Å². The van der Waals surface area contributed by atoms with Gasteiger partial charge in [-0.15, -0.1) is 0 Å². The van der Waals surface area contributed by atoms with Gasteiger partial charge in [0, 0.05) is 36.1 Å². The van der Waals surface area contributed by atoms with Crippen molar-refractivity contribution in [1.29, 1.82) is 0 Å². The molecule has 7 nitrogen and oxygen atoms in total. The molecule has 1 amide bonds. The summed E-state index contributed by atoms with van der Waals surface area (Å²) >= 11 is 0. The van der Waals surface area contributed by atoms with Crippen LogP contribution in [0.15, 0.2) is 29.1 Å². The van der Waals surface area contributed by atoms with Gasteiger partial charge in [0.25, 0.3) is 0 Å². The molecule has 2 rings (SSSR count). The lowest BCUT2D eigenvalue weighted by molar-refractivity contribution is -0.120. The van der Waals surface area contributed by atoms with E-state index in [9.17, 15) is 9.59 Å². The van der Waals surface area contributed by atoms with Crippen molar-refractivity contribution in [3.05, 3.63) is 51.7 Å². The molecule has 0 aliphatic carbocycles. The van der Waals surface area contributed by atoms with E-state index in [1.807, 2.05) is 13.0 Å². The summed E-state index contributed by atoms with van der Waals surface area (Å²) in [4.78, 5) is 27.9. The fraction of sp³-hybridized carbons (Fsp3) is 0.389. The Labute approximate surface area is 146 Å². The number of aromatic nitrogens is 2. The number of amides is 1. The molecular weight excluding hydrogens is 322 g/mol. The molecule has 0 radical (unpaired) electrons. The van der Waals surface area contributed by atoms with Gasteiger partial charge in [-0.1, -0.05) is 6.07 Å². The Hall–Kier alpha value is -2.83. The second-order valence-electron chi connectivity index (χ2n) is 5.68. The Morgan fingerprint density at radius 1 is 1.20 bits per heavy atom. The molecule has 0 atom stereocenters. The number of carbonyl (C=O) groups excluding carboxylic acids is 1. The SMILES string of the molecule is COc1ccc(CC(=O)NCCn2c(C)cc(C)nc2=O)c(OC)c1. The molecule has 0 bridgehead atoms. The van der Waals surface area contributed by atoms with Crippen LogP contribution < -0.4 is 20.5 Å². The van der Waals surface area contributed by atoms with Crippen molar-refractivity contribution in [1.82, 2.24) is 14.9 Å². The van der Waals surface area contributed by atoms with Crippen LogP contribution in [0.4, 0.5) is 0 Å². The summed E-state index contributed by atoms with van der Waals surface area (Å²) in [7, 11) is 3.13. The van der Waals surface area contributed by atoms with Gasteiger partial charge in [-0.3, -0.25) is 9.36 Å². The van der Waals surface area contributed by atoms with Crippen molar-refractivity contribution >= 4 is 5.91 Å². The number of benzene rings is 1. The molecule has 0 fully saturated rings. The van der Waals surface area contributed by atoms with Crippen molar-refractivity contribution in [2.75, 3.05) is 20.8 Å². The largest absolute Gasteiger partial charge is 0.497 e. The van der Waals surface area contributed by atoms with Crippen LogP contribution in [0.5, 0.6) is 11.5 Å². The van der Waals surface area contributed by atoms with Gasteiger partial charge < -0.3 is 14.8 Å². The van der Waals surface area contributed by atoms with E-state index in [-0.39, 0.29) is 18.0 Å². The van der Waals surface area contributed by atoms with E-state index in [2.05, 4.69) is 10.3 Å². The molecule has 0 unspecified atom stereocenters. The number of aryl methyl sites for hydroxylation is 2. The van der Waals surface area contributed by atoms with Crippen LogP contribution in [0.25, 0.3) is 0 Å². The van der Waals surface area contributed by atoms with Gasteiger partial charge in [-0.25, -0.2) is 4.79 Å². The Morgan fingerprint density at radius 3 is 2.60 bits per heavy atom. The fourth-order valence-electron chi connectivity index (χ4n) is 2.59. The number of rotatable bonds is 7. The van der Waals surface area contributed by atoms with E-state index in [1.54, 1.807) is 43.9 Å². The molecule has 0 aliphatic heterocycles. The first-order valence-corrected chi connectivity index (χ1v) is 7.97. The van der Waals surface area contributed by atoms with Gasteiger partial charge >= 0.3 is 5.69 Å². The van der Waals surface area contributed by atoms with Gasteiger partial charge in [-0.2, -0.15) is 4.98 Å². The highest BCUT2D eigenvalue weighted by Crippen LogP contribution is 2.24.